The number of thioether (sulfide) groups is 1. The lowest BCUT2D eigenvalue weighted by atomic mass is 10.1. The van der Waals surface area contributed by atoms with Gasteiger partial charge in [0, 0.05) is 15.8 Å². The number of ketones is 1. The summed E-state index contributed by atoms with van der Waals surface area (Å²) in [5.74, 6) is 0.759. The van der Waals surface area contributed by atoms with Crippen LogP contribution >= 0.6 is 27.7 Å². The van der Waals surface area contributed by atoms with Crippen LogP contribution in [0.3, 0.4) is 0 Å². The molecule has 16 heavy (non-hydrogen) atoms. The zero-order valence-electron chi connectivity index (χ0n) is 9.33. The topological polar surface area (TPSA) is 17.1 Å². The predicted molar refractivity (Wildman–Crippen MR) is 73.9 cm³/mol. The molecule has 0 aromatic heterocycles. The van der Waals surface area contributed by atoms with Gasteiger partial charge < -0.3 is 0 Å². The number of allylic oxidation sites excluding steroid dienone is 1. The fourth-order valence-electron chi connectivity index (χ4n) is 1.17. The Labute approximate surface area is 109 Å². The lowest BCUT2D eigenvalue weighted by Crippen LogP contribution is -2.02. The lowest BCUT2D eigenvalue weighted by Gasteiger charge is -2.04. The Kier molecular flexibility index (Phi) is 5.85. The van der Waals surface area contributed by atoms with E-state index >= 15 is 0 Å². The van der Waals surface area contributed by atoms with Crippen molar-refractivity contribution >= 4 is 33.5 Å². The average molecular weight is 299 g/mol. The third-order valence-corrected chi connectivity index (χ3v) is 4.26. The second-order valence-electron chi connectivity index (χ2n) is 3.54. The maximum atomic E-state index is 11.6. The first kappa shape index (κ1) is 13.5. The quantitative estimate of drug-likeness (QED) is 0.569. The summed E-state index contributed by atoms with van der Waals surface area (Å²) in [5, 5.41) is 0. The van der Waals surface area contributed by atoms with Crippen LogP contribution < -0.4 is 0 Å². The van der Waals surface area contributed by atoms with Gasteiger partial charge in [-0.3, -0.25) is 4.79 Å². The van der Waals surface area contributed by atoms with Crippen LogP contribution in [0, 0.1) is 0 Å². The van der Waals surface area contributed by atoms with E-state index in [0.29, 0.717) is 12.2 Å². The number of halogens is 1. The van der Waals surface area contributed by atoms with Gasteiger partial charge in [-0.25, -0.2) is 0 Å². The van der Waals surface area contributed by atoms with Gasteiger partial charge in [-0.05, 0) is 34.5 Å². The Morgan fingerprint density at radius 3 is 2.75 bits per heavy atom. The third-order valence-electron chi connectivity index (χ3n) is 2.17. The summed E-state index contributed by atoms with van der Waals surface area (Å²) >= 11 is 5.03. The Bertz CT molecular complexity index is 387. The highest BCUT2D eigenvalue weighted by atomic mass is 79.9. The van der Waals surface area contributed by atoms with E-state index in [1.165, 1.54) is 0 Å². The molecule has 0 saturated carbocycles. The molecule has 1 aromatic rings. The molecule has 0 aliphatic heterocycles. The van der Waals surface area contributed by atoms with Gasteiger partial charge in [0.05, 0.1) is 5.75 Å². The van der Waals surface area contributed by atoms with E-state index in [1.54, 1.807) is 11.8 Å². The zero-order valence-corrected chi connectivity index (χ0v) is 11.7. The van der Waals surface area contributed by atoms with Crippen LogP contribution in [0.5, 0.6) is 0 Å². The van der Waals surface area contributed by atoms with Gasteiger partial charge >= 0.3 is 0 Å². The van der Waals surface area contributed by atoms with Crippen LogP contribution in [0.25, 0.3) is 0 Å². The molecular formula is C13H15BrOS. The molecule has 0 fully saturated rings. The molecule has 0 unspecified atom stereocenters. The number of rotatable bonds is 6. The van der Waals surface area contributed by atoms with Crippen molar-refractivity contribution in [1.29, 1.82) is 0 Å². The highest BCUT2D eigenvalue weighted by molar-refractivity contribution is 9.10. The fourth-order valence-corrected chi connectivity index (χ4v) is 2.60. The molecule has 0 saturated heterocycles. The van der Waals surface area contributed by atoms with Gasteiger partial charge in [0.25, 0.3) is 0 Å². The van der Waals surface area contributed by atoms with E-state index in [4.69, 9.17) is 0 Å². The van der Waals surface area contributed by atoms with Crippen molar-refractivity contribution in [3.05, 3.63) is 40.9 Å². The van der Waals surface area contributed by atoms with Crippen molar-refractivity contribution in [3.8, 4) is 0 Å². The SMILES string of the molecule is C=C(CC)CC(=O)CSc1ccccc1Br. The first-order chi connectivity index (χ1) is 7.63. The zero-order chi connectivity index (χ0) is 12.0. The minimum atomic E-state index is 0.243. The molecule has 0 aliphatic carbocycles. The van der Waals surface area contributed by atoms with Gasteiger partial charge in [0.2, 0.25) is 0 Å². The molecule has 0 radical (unpaired) electrons. The Hall–Kier alpha value is -0.540. The van der Waals surface area contributed by atoms with Crippen LogP contribution in [-0.2, 0) is 4.79 Å². The standard InChI is InChI=1S/C13H15BrOS/c1-3-10(2)8-11(15)9-16-13-7-5-4-6-12(13)14/h4-7H,2-3,8-9H2,1H3. The van der Waals surface area contributed by atoms with E-state index in [2.05, 4.69) is 22.5 Å². The molecule has 0 aliphatic rings. The van der Waals surface area contributed by atoms with Crippen molar-refractivity contribution in [2.75, 3.05) is 5.75 Å². The second kappa shape index (κ2) is 6.92. The Morgan fingerprint density at radius 2 is 2.12 bits per heavy atom. The number of benzene rings is 1. The third kappa shape index (κ3) is 4.54. The Morgan fingerprint density at radius 1 is 1.44 bits per heavy atom. The number of Topliss-reactive ketones (excluding diaryl/α,β-unsaturated/α-hetero) is 1. The summed E-state index contributed by atoms with van der Waals surface area (Å²) in [5.41, 5.74) is 1.01. The molecule has 0 amide bonds. The second-order valence-corrected chi connectivity index (χ2v) is 5.41. The highest BCUT2D eigenvalue weighted by Crippen LogP contribution is 2.27. The van der Waals surface area contributed by atoms with Crippen molar-refractivity contribution in [2.24, 2.45) is 0 Å². The molecule has 0 spiro atoms. The van der Waals surface area contributed by atoms with E-state index in [0.717, 1.165) is 21.4 Å². The number of carbonyl (C=O) groups is 1. The molecular weight excluding hydrogens is 284 g/mol. The van der Waals surface area contributed by atoms with Crippen LogP contribution in [-0.4, -0.2) is 11.5 Å². The van der Waals surface area contributed by atoms with Crippen LogP contribution in [0.4, 0.5) is 0 Å². The van der Waals surface area contributed by atoms with E-state index in [-0.39, 0.29) is 5.78 Å². The lowest BCUT2D eigenvalue weighted by molar-refractivity contribution is -0.116. The maximum absolute atomic E-state index is 11.6. The minimum absolute atomic E-state index is 0.243. The van der Waals surface area contributed by atoms with E-state index < -0.39 is 0 Å². The van der Waals surface area contributed by atoms with E-state index in [1.807, 2.05) is 31.2 Å². The van der Waals surface area contributed by atoms with Gasteiger partial charge in [-0.2, -0.15) is 0 Å². The van der Waals surface area contributed by atoms with E-state index in [9.17, 15) is 4.79 Å². The Balaban J connectivity index is 2.43. The van der Waals surface area contributed by atoms with Crippen molar-refractivity contribution in [2.45, 2.75) is 24.7 Å². The molecule has 0 N–H and O–H groups in total. The van der Waals surface area contributed by atoms with Crippen molar-refractivity contribution < 1.29 is 4.79 Å². The molecule has 3 heteroatoms. The average Bonchev–Trinajstić information content (AvgIpc) is 2.28. The first-order valence-electron chi connectivity index (χ1n) is 5.19. The number of hydrogen-bond acceptors (Lipinski definition) is 2. The first-order valence-corrected chi connectivity index (χ1v) is 6.97. The monoisotopic (exact) mass is 298 g/mol. The summed E-state index contributed by atoms with van der Waals surface area (Å²) in [6.07, 6.45) is 1.39. The van der Waals surface area contributed by atoms with Gasteiger partial charge in [0.1, 0.15) is 5.78 Å². The molecule has 0 bridgehead atoms. The molecule has 1 nitrogen and oxygen atoms in total. The summed E-state index contributed by atoms with van der Waals surface area (Å²) < 4.78 is 1.04. The fraction of sp³-hybridized carbons (Fsp3) is 0.308. The molecule has 1 aromatic carbocycles. The highest BCUT2D eigenvalue weighted by Gasteiger charge is 2.06. The largest absolute Gasteiger partial charge is 0.298 e. The molecule has 0 heterocycles. The van der Waals surface area contributed by atoms with Gasteiger partial charge in [-0.1, -0.05) is 31.2 Å². The molecule has 0 atom stereocenters. The summed E-state index contributed by atoms with van der Waals surface area (Å²) in [6, 6.07) is 7.94. The predicted octanol–water partition coefficient (Wildman–Crippen LogP) is 4.47. The van der Waals surface area contributed by atoms with Crippen molar-refractivity contribution in [3.63, 3.8) is 0 Å². The minimum Gasteiger partial charge on any atom is -0.298 e. The number of carbonyl (C=O) groups excluding carboxylic acids is 1. The van der Waals surface area contributed by atoms with Gasteiger partial charge in [-0.15, -0.1) is 11.8 Å². The van der Waals surface area contributed by atoms with Gasteiger partial charge in [0.15, 0.2) is 0 Å². The summed E-state index contributed by atoms with van der Waals surface area (Å²) in [6.45, 7) is 5.87. The van der Waals surface area contributed by atoms with Crippen molar-refractivity contribution in [1.82, 2.24) is 0 Å². The van der Waals surface area contributed by atoms with Crippen LogP contribution in [0.1, 0.15) is 19.8 Å². The molecule has 86 valence electrons. The number of hydrogen-bond donors (Lipinski definition) is 0. The van der Waals surface area contributed by atoms with Crippen LogP contribution in [0.15, 0.2) is 45.8 Å². The maximum Gasteiger partial charge on any atom is 0.147 e. The molecule has 1 rings (SSSR count). The van der Waals surface area contributed by atoms with Crippen LogP contribution in [0.2, 0.25) is 0 Å². The smallest absolute Gasteiger partial charge is 0.147 e. The summed E-state index contributed by atoms with van der Waals surface area (Å²) in [4.78, 5) is 12.7. The normalized spacial score (nSPS) is 10.1. The summed E-state index contributed by atoms with van der Waals surface area (Å²) in [7, 11) is 0.